The second kappa shape index (κ2) is 7.71. The van der Waals surface area contributed by atoms with E-state index in [1.54, 1.807) is 17.0 Å². The maximum Gasteiger partial charge on any atom is 0.262 e. The number of hydrogen-bond donors (Lipinski definition) is 1. The molecule has 0 spiro atoms. The van der Waals surface area contributed by atoms with Crippen molar-refractivity contribution < 1.29 is 22.7 Å². The van der Waals surface area contributed by atoms with E-state index < -0.39 is 10.0 Å². The van der Waals surface area contributed by atoms with E-state index in [9.17, 15) is 13.2 Å². The van der Waals surface area contributed by atoms with Crippen molar-refractivity contribution in [3.05, 3.63) is 48.3 Å². The summed E-state index contributed by atoms with van der Waals surface area (Å²) in [6, 6.07) is 7.64. The molecular weight excluding hydrogens is 358 g/mol. The maximum absolute atomic E-state index is 12.8. The van der Waals surface area contributed by atoms with Crippen molar-refractivity contribution in [1.82, 2.24) is 9.88 Å². The summed E-state index contributed by atoms with van der Waals surface area (Å²) in [7, 11) is -2.51. The summed E-state index contributed by atoms with van der Waals surface area (Å²) >= 11 is 0. The minimum Gasteiger partial charge on any atom is -0.495 e. The molecule has 138 valence electrons. The van der Waals surface area contributed by atoms with Gasteiger partial charge in [0.1, 0.15) is 10.6 Å². The number of rotatable bonds is 5. The van der Waals surface area contributed by atoms with Crippen molar-refractivity contribution >= 4 is 21.6 Å². The summed E-state index contributed by atoms with van der Waals surface area (Å²) in [5.74, 6) is 0.0842. The van der Waals surface area contributed by atoms with Crippen molar-refractivity contribution in [1.29, 1.82) is 0 Å². The fourth-order valence-electron chi connectivity index (χ4n) is 2.61. The standard InChI is InChI=1S/C17H19N3O5S/c1-24-14-10-13(11-18-12-14)19-26(22,23)16-5-3-2-4-15(16)17(21)20-6-8-25-9-7-20/h2-5,10-12,19H,6-9H2,1H3. The predicted molar refractivity (Wildman–Crippen MR) is 94.8 cm³/mol. The molecule has 2 aromatic rings. The third kappa shape index (κ3) is 3.94. The third-order valence-electron chi connectivity index (χ3n) is 3.91. The van der Waals surface area contributed by atoms with Gasteiger partial charge in [0.05, 0.1) is 44.0 Å². The summed E-state index contributed by atoms with van der Waals surface area (Å²) in [6.07, 6.45) is 2.83. The molecule has 1 fully saturated rings. The largest absolute Gasteiger partial charge is 0.495 e. The lowest BCUT2D eigenvalue weighted by molar-refractivity contribution is 0.0300. The minimum absolute atomic E-state index is 0.0840. The fraction of sp³-hybridized carbons (Fsp3) is 0.294. The number of pyridine rings is 1. The number of amides is 1. The van der Waals surface area contributed by atoms with Gasteiger partial charge in [0.15, 0.2) is 0 Å². The molecule has 0 radical (unpaired) electrons. The Hall–Kier alpha value is -2.65. The fourth-order valence-corrected chi connectivity index (χ4v) is 3.85. The molecule has 1 saturated heterocycles. The second-order valence-electron chi connectivity index (χ2n) is 5.62. The van der Waals surface area contributed by atoms with Gasteiger partial charge < -0.3 is 14.4 Å². The van der Waals surface area contributed by atoms with Crippen LogP contribution in [0.25, 0.3) is 0 Å². The minimum atomic E-state index is -3.98. The number of hydrogen-bond acceptors (Lipinski definition) is 6. The Morgan fingerprint density at radius 2 is 1.96 bits per heavy atom. The molecule has 0 atom stereocenters. The number of anilines is 1. The van der Waals surface area contributed by atoms with Crippen molar-refractivity contribution in [2.75, 3.05) is 38.1 Å². The van der Waals surface area contributed by atoms with Crippen LogP contribution in [-0.4, -0.2) is 57.6 Å². The average molecular weight is 377 g/mol. The molecule has 3 rings (SSSR count). The van der Waals surface area contributed by atoms with Gasteiger partial charge in [-0.2, -0.15) is 0 Å². The number of sulfonamides is 1. The zero-order chi connectivity index (χ0) is 18.6. The first kappa shape index (κ1) is 18.2. The molecule has 1 aromatic carbocycles. The topological polar surface area (TPSA) is 97.8 Å². The number of nitrogens with zero attached hydrogens (tertiary/aromatic N) is 2. The first-order valence-corrected chi connectivity index (χ1v) is 9.47. The lowest BCUT2D eigenvalue weighted by atomic mass is 10.2. The number of morpholine rings is 1. The Morgan fingerprint density at radius 3 is 2.69 bits per heavy atom. The molecule has 1 aliphatic rings. The molecule has 26 heavy (non-hydrogen) atoms. The smallest absolute Gasteiger partial charge is 0.262 e. The van der Waals surface area contributed by atoms with E-state index in [0.29, 0.717) is 32.1 Å². The zero-order valence-electron chi connectivity index (χ0n) is 14.2. The Balaban J connectivity index is 1.91. The van der Waals surface area contributed by atoms with Crippen molar-refractivity contribution in [2.24, 2.45) is 0 Å². The molecule has 0 unspecified atom stereocenters. The monoisotopic (exact) mass is 377 g/mol. The molecule has 0 saturated carbocycles. The Morgan fingerprint density at radius 1 is 1.23 bits per heavy atom. The quantitative estimate of drug-likeness (QED) is 0.845. The van der Waals surface area contributed by atoms with Gasteiger partial charge in [-0.25, -0.2) is 8.42 Å². The van der Waals surface area contributed by atoms with E-state index in [2.05, 4.69) is 9.71 Å². The Kier molecular flexibility index (Phi) is 5.38. The van der Waals surface area contributed by atoms with E-state index in [1.807, 2.05) is 0 Å². The van der Waals surface area contributed by atoms with Crippen molar-refractivity contribution in [3.63, 3.8) is 0 Å². The lowest BCUT2D eigenvalue weighted by Gasteiger charge is -2.27. The van der Waals surface area contributed by atoms with Crippen molar-refractivity contribution in [3.8, 4) is 5.75 Å². The van der Waals surface area contributed by atoms with Crippen LogP contribution >= 0.6 is 0 Å². The normalized spacial score (nSPS) is 14.7. The van der Waals surface area contributed by atoms with Crippen molar-refractivity contribution in [2.45, 2.75) is 4.90 Å². The van der Waals surface area contributed by atoms with E-state index in [0.717, 1.165) is 0 Å². The van der Waals surface area contributed by atoms with Gasteiger partial charge in [0.25, 0.3) is 15.9 Å². The maximum atomic E-state index is 12.8. The SMILES string of the molecule is COc1cncc(NS(=O)(=O)c2ccccc2C(=O)N2CCOCC2)c1. The molecule has 1 aromatic heterocycles. The summed E-state index contributed by atoms with van der Waals surface area (Å²) in [5, 5.41) is 0. The van der Waals surface area contributed by atoms with Crippen LogP contribution in [-0.2, 0) is 14.8 Å². The van der Waals surface area contributed by atoms with Crippen LogP contribution in [0.2, 0.25) is 0 Å². The molecule has 2 heterocycles. The van der Waals surface area contributed by atoms with E-state index in [4.69, 9.17) is 9.47 Å². The highest BCUT2D eigenvalue weighted by Crippen LogP contribution is 2.23. The summed E-state index contributed by atoms with van der Waals surface area (Å²) in [4.78, 5) is 18.2. The van der Waals surface area contributed by atoms with Gasteiger partial charge in [-0.3, -0.25) is 14.5 Å². The van der Waals surface area contributed by atoms with Gasteiger partial charge in [-0.1, -0.05) is 12.1 Å². The molecule has 1 amide bonds. The number of benzene rings is 1. The average Bonchev–Trinajstić information content (AvgIpc) is 2.68. The Bertz CT molecular complexity index is 895. The Labute approximate surface area is 151 Å². The van der Waals surface area contributed by atoms with Gasteiger partial charge in [-0.15, -0.1) is 0 Å². The van der Waals surface area contributed by atoms with Crippen LogP contribution in [0.4, 0.5) is 5.69 Å². The summed E-state index contributed by atoms with van der Waals surface area (Å²) < 4.78 is 38.4. The van der Waals surface area contributed by atoms with Gasteiger partial charge in [0, 0.05) is 19.2 Å². The first-order valence-electron chi connectivity index (χ1n) is 7.99. The molecular formula is C17H19N3O5S. The van der Waals surface area contributed by atoms with Crippen LogP contribution in [0.15, 0.2) is 47.6 Å². The molecule has 9 heteroatoms. The van der Waals surface area contributed by atoms with Gasteiger partial charge in [-0.05, 0) is 12.1 Å². The van der Waals surface area contributed by atoms with Crippen LogP contribution in [0.3, 0.4) is 0 Å². The highest BCUT2D eigenvalue weighted by atomic mass is 32.2. The second-order valence-corrected chi connectivity index (χ2v) is 7.27. The molecule has 0 bridgehead atoms. The third-order valence-corrected chi connectivity index (χ3v) is 5.35. The predicted octanol–water partition coefficient (Wildman–Crippen LogP) is 1.36. The van der Waals surface area contributed by atoms with Gasteiger partial charge in [0.2, 0.25) is 0 Å². The summed E-state index contributed by atoms with van der Waals surface area (Å²) in [6.45, 7) is 1.74. The zero-order valence-corrected chi connectivity index (χ0v) is 15.0. The molecule has 8 nitrogen and oxygen atoms in total. The first-order chi connectivity index (χ1) is 12.5. The number of methoxy groups -OCH3 is 1. The molecule has 1 N–H and O–H groups in total. The van der Waals surface area contributed by atoms with E-state index in [1.165, 1.54) is 37.7 Å². The highest BCUT2D eigenvalue weighted by molar-refractivity contribution is 7.92. The highest BCUT2D eigenvalue weighted by Gasteiger charge is 2.26. The van der Waals surface area contributed by atoms with Gasteiger partial charge >= 0.3 is 0 Å². The number of aromatic nitrogens is 1. The molecule has 1 aliphatic heterocycles. The van der Waals surface area contributed by atoms with Crippen LogP contribution in [0.5, 0.6) is 5.75 Å². The summed E-state index contributed by atoms with van der Waals surface area (Å²) in [5.41, 5.74) is 0.371. The molecule has 0 aliphatic carbocycles. The van der Waals surface area contributed by atoms with Crippen LogP contribution in [0, 0.1) is 0 Å². The number of ether oxygens (including phenoxy) is 2. The van der Waals surface area contributed by atoms with Crippen LogP contribution < -0.4 is 9.46 Å². The number of nitrogens with one attached hydrogen (secondary N) is 1. The van der Waals surface area contributed by atoms with E-state index in [-0.39, 0.29) is 22.1 Å². The number of carbonyl (C=O) groups excluding carboxylic acids is 1. The lowest BCUT2D eigenvalue weighted by Crippen LogP contribution is -2.41. The number of carbonyl (C=O) groups is 1. The van der Waals surface area contributed by atoms with Crippen LogP contribution in [0.1, 0.15) is 10.4 Å². The van der Waals surface area contributed by atoms with E-state index >= 15 is 0 Å².